The first-order valence-corrected chi connectivity index (χ1v) is 4.82. The van der Waals surface area contributed by atoms with Gasteiger partial charge in [0.15, 0.2) is 0 Å². The molecule has 0 aromatic carbocycles. The van der Waals surface area contributed by atoms with Crippen LogP contribution in [0.5, 0.6) is 0 Å². The van der Waals surface area contributed by atoms with Crippen LogP contribution in [0.25, 0.3) is 0 Å². The molecule has 82 valence electrons. The zero-order chi connectivity index (χ0) is 10.8. The lowest BCUT2D eigenvalue weighted by molar-refractivity contribution is -0.121. The number of rotatable bonds is 8. The van der Waals surface area contributed by atoms with Crippen molar-refractivity contribution in [3.05, 3.63) is 0 Å². The number of hydrogen-bond donors (Lipinski definition) is 3. The Morgan fingerprint density at radius 2 is 1.79 bits per heavy atom. The summed E-state index contributed by atoms with van der Waals surface area (Å²) in [6.45, 7) is 0.271. The number of unbranched alkanes of at least 4 members (excludes halogenated alkanes) is 2. The van der Waals surface area contributed by atoms with Crippen molar-refractivity contribution in [3.8, 4) is 0 Å². The number of aliphatic hydroxyl groups is 1. The van der Waals surface area contributed by atoms with Crippen molar-refractivity contribution in [2.45, 2.75) is 32.1 Å². The molecule has 5 heteroatoms. The van der Waals surface area contributed by atoms with Gasteiger partial charge in [-0.05, 0) is 12.8 Å². The summed E-state index contributed by atoms with van der Waals surface area (Å²) in [6, 6.07) is 0. The number of amides is 2. The number of primary amides is 1. The highest BCUT2D eigenvalue weighted by Gasteiger charge is 2.00. The van der Waals surface area contributed by atoms with Gasteiger partial charge in [-0.1, -0.05) is 6.42 Å². The normalized spacial score (nSPS) is 9.79. The Morgan fingerprint density at radius 1 is 1.14 bits per heavy atom. The molecule has 5 nitrogen and oxygen atoms in total. The van der Waals surface area contributed by atoms with Crippen LogP contribution in [0.15, 0.2) is 0 Å². The Labute approximate surface area is 83.7 Å². The summed E-state index contributed by atoms with van der Waals surface area (Å²) in [4.78, 5) is 21.3. The average Bonchev–Trinajstić information content (AvgIpc) is 2.13. The maximum atomic E-state index is 11.0. The van der Waals surface area contributed by atoms with Crippen LogP contribution in [0, 0.1) is 0 Å². The second kappa shape index (κ2) is 8.50. The van der Waals surface area contributed by atoms with Gasteiger partial charge in [0.2, 0.25) is 11.8 Å². The molecule has 0 bridgehead atoms. The lowest BCUT2D eigenvalue weighted by Gasteiger charge is -2.02. The van der Waals surface area contributed by atoms with Gasteiger partial charge in [-0.15, -0.1) is 0 Å². The van der Waals surface area contributed by atoms with Gasteiger partial charge in [0.05, 0.1) is 6.61 Å². The minimum Gasteiger partial charge on any atom is -0.395 e. The fourth-order valence-electron chi connectivity index (χ4n) is 1.05. The molecule has 0 saturated heterocycles. The number of carbonyl (C=O) groups is 2. The molecular formula is C9H18N2O3. The zero-order valence-electron chi connectivity index (χ0n) is 8.29. The molecule has 0 atom stereocenters. The van der Waals surface area contributed by atoms with Crippen molar-refractivity contribution in [3.63, 3.8) is 0 Å². The van der Waals surface area contributed by atoms with Crippen LogP contribution in [-0.2, 0) is 9.59 Å². The van der Waals surface area contributed by atoms with Gasteiger partial charge in [0, 0.05) is 19.4 Å². The van der Waals surface area contributed by atoms with E-state index in [1.807, 2.05) is 0 Å². The molecule has 0 aliphatic rings. The minimum absolute atomic E-state index is 0.0343. The lowest BCUT2D eigenvalue weighted by atomic mass is 10.1. The van der Waals surface area contributed by atoms with Crippen molar-refractivity contribution in [2.24, 2.45) is 5.73 Å². The molecule has 0 spiro atoms. The van der Waals surface area contributed by atoms with Crippen molar-refractivity contribution in [2.75, 3.05) is 13.2 Å². The van der Waals surface area contributed by atoms with E-state index in [0.717, 1.165) is 19.3 Å². The highest BCUT2D eigenvalue weighted by Crippen LogP contribution is 2.02. The summed E-state index contributed by atoms with van der Waals surface area (Å²) in [7, 11) is 0. The summed E-state index contributed by atoms with van der Waals surface area (Å²) in [6.07, 6.45) is 3.15. The van der Waals surface area contributed by atoms with E-state index in [0.29, 0.717) is 19.4 Å². The molecule has 0 aromatic heterocycles. The van der Waals surface area contributed by atoms with E-state index >= 15 is 0 Å². The molecule has 0 unspecified atom stereocenters. The highest BCUT2D eigenvalue weighted by atomic mass is 16.3. The SMILES string of the molecule is NC(=O)CCCCCC(=O)NCCO. The third-order valence-corrected chi connectivity index (χ3v) is 1.76. The molecule has 0 aromatic rings. The molecule has 2 amide bonds. The van der Waals surface area contributed by atoms with Gasteiger partial charge >= 0.3 is 0 Å². The quantitative estimate of drug-likeness (QED) is 0.465. The summed E-state index contributed by atoms with van der Waals surface area (Å²) in [5, 5.41) is 11.0. The molecule has 0 fully saturated rings. The Morgan fingerprint density at radius 3 is 2.36 bits per heavy atom. The summed E-state index contributed by atoms with van der Waals surface area (Å²) < 4.78 is 0. The topological polar surface area (TPSA) is 92.4 Å². The minimum atomic E-state index is -0.297. The molecule has 0 saturated carbocycles. The molecule has 0 radical (unpaired) electrons. The van der Waals surface area contributed by atoms with Crippen LogP contribution >= 0.6 is 0 Å². The summed E-state index contributed by atoms with van der Waals surface area (Å²) >= 11 is 0. The average molecular weight is 202 g/mol. The standard InChI is InChI=1S/C9H18N2O3/c10-8(13)4-2-1-3-5-9(14)11-6-7-12/h12H,1-7H2,(H2,10,13)(H,11,14). The molecule has 0 rings (SSSR count). The number of carbonyl (C=O) groups excluding carboxylic acids is 2. The predicted molar refractivity (Wildman–Crippen MR) is 52.4 cm³/mol. The van der Waals surface area contributed by atoms with E-state index in [-0.39, 0.29) is 18.4 Å². The highest BCUT2D eigenvalue weighted by molar-refractivity contribution is 5.75. The van der Waals surface area contributed by atoms with E-state index in [4.69, 9.17) is 10.8 Å². The fourth-order valence-corrected chi connectivity index (χ4v) is 1.05. The van der Waals surface area contributed by atoms with Crippen LogP contribution in [0.3, 0.4) is 0 Å². The van der Waals surface area contributed by atoms with E-state index in [2.05, 4.69) is 5.32 Å². The van der Waals surface area contributed by atoms with E-state index in [9.17, 15) is 9.59 Å². The van der Waals surface area contributed by atoms with Gasteiger partial charge in [0.1, 0.15) is 0 Å². The Balaban J connectivity index is 3.19. The van der Waals surface area contributed by atoms with Crippen molar-refractivity contribution >= 4 is 11.8 Å². The molecule has 0 heterocycles. The zero-order valence-corrected chi connectivity index (χ0v) is 8.29. The summed E-state index contributed by atoms with van der Waals surface area (Å²) in [5.74, 6) is -0.354. The first kappa shape index (κ1) is 12.9. The number of nitrogens with one attached hydrogen (secondary N) is 1. The van der Waals surface area contributed by atoms with E-state index in [1.54, 1.807) is 0 Å². The second-order valence-corrected chi connectivity index (χ2v) is 3.10. The third kappa shape index (κ3) is 8.99. The summed E-state index contributed by atoms with van der Waals surface area (Å²) in [5.41, 5.74) is 4.95. The van der Waals surface area contributed by atoms with E-state index in [1.165, 1.54) is 0 Å². The second-order valence-electron chi connectivity index (χ2n) is 3.10. The fraction of sp³-hybridized carbons (Fsp3) is 0.778. The van der Waals surface area contributed by atoms with Crippen LogP contribution in [0.2, 0.25) is 0 Å². The largest absolute Gasteiger partial charge is 0.395 e. The number of nitrogens with two attached hydrogens (primary N) is 1. The molecule has 4 N–H and O–H groups in total. The van der Waals surface area contributed by atoms with Crippen LogP contribution in [0.4, 0.5) is 0 Å². The van der Waals surface area contributed by atoms with E-state index < -0.39 is 0 Å². The smallest absolute Gasteiger partial charge is 0.220 e. The van der Waals surface area contributed by atoms with Gasteiger partial charge < -0.3 is 16.2 Å². The Hall–Kier alpha value is -1.10. The molecular weight excluding hydrogens is 184 g/mol. The lowest BCUT2D eigenvalue weighted by Crippen LogP contribution is -2.25. The molecule has 14 heavy (non-hydrogen) atoms. The monoisotopic (exact) mass is 202 g/mol. The first-order chi connectivity index (χ1) is 6.66. The Kier molecular flexibility index (Phi) is 7.83. The van der Waals surface area contributed by atoms with Gasteiger partial charge in [-0.3, -0.25) is 9.59 Å². The van der Waals surface area contributed by atoms with Crippen LogP contribution in [-0.4, -0.2) is 30.1 Å². The number of aliphatic hydroxyl groups excluding tert-OH is 1. The molecule has 0 aliphatic carbocycles. The van der Waals surface area contributed by atoms with Crippen molar-refractivity contribution in [1.82, 2.24) is 5.32 Å². The maximum Gasteiger partial charge on any atom is 0.220 e. The van der Waals surface area contributed by atoms with Crippen LogP contribution < -0.4 is 11.1 Å². The van der Waals surface area contributed by atoms with Crippen molar-refractivity contribution in [1.29, 1.82) is 0 Å². The Bertz CT molecular complexity index is 183. The first-order valence-electron chi connectivity index (χ1n) is 4.82. The third-order valence-electron chi connectivity index (χ3n) is 1.76. The number of hydrogen-bond acceptors (Lipinski definition) is 3. The van der Waals surface area contributed by atoms with Gasteiger partial charge in [0.25, 0.3) is 0 Å². The van der Waals surface area contributed by atoms with Gasteiger partial charge in [-0.2, -0.15) is 0 Å². The molecule has 0 aliphatic heterocycles. The maximum absolute atomic E-state index is 11.0. The predicted octanol–water partition coefficient (Wildman–Crippen LogP) is -0.469. The van der Waals surface area contributed by atoms with Gasteiger partial charge in [-0.25, -0.2) is 0 Å². The van der Waals surface area contributed by atoms with Crippen molar-refractivity contribution < 1.29 is 14.7 Å². The van der Waals surface area contributed by atoms with Crippen LogP contribution in [0.1, 0.15) is 32.1 Å².